The minimum atomic E-state index is -3.64. The van der Waals surface area contributed by atoms with Gasteiger partial charge in [0.15, 0.2) is 11.5 Å². The lowest BCUT2D eigenvalue weighted by atomic mass is 9.52. The van der Waals surface area contributed by atoms with Crippen molar-refractivity contribution >= 4 is 39.1 Å². The van der Waals surface area contributed by atoms with Gasteiger partial charge in [-0.25, -0.2) is 0 Å². The first-order valence-electron chi connectivity index (χ1n) is 7.16. The molecule has 2 atom stereocenters. The average molecular weight is 377 g/mol. The van der Waals surface area contributed by atoms with E-state index in [1.54, 1.807) is 5.32 Å². The number of amides is 3. The molecule has 0 aliphatic carbocycles. The molecule has 3 amide bonds. The summed E-state index contributed by atoms with van der Waals surface area (Å²) in [4.78, 5) is 36.2. The summed E-state index contributed by atoms with van der Waals surface area (Å²) in [5.74, 6) is -12.7. The Bertz CT molecular complexity index is 937. The number of hydrogen-bond acceptors (Lipinski definition) is 9. The molecular formula is C13H10B2FN3O8. The number of aliphatic hydroxyl groups is 3. The van der Waals surface area contributed by atoms with Crippen LogP contribution in [0.1, 0.15) is 22.3 Å². The Kier molecular flexibility index (Phi) is 3.59. The summed E-state index contributed by atoms with van der Waals surface area (Å²) in [6, 6.07) is 0. The lowest BCUT2D eigenvalue weighted by molar-refractivity contribution is -0.273. The smallest absolute Gasteiger partial charge is 0.281 e. The van der Waals surface area contributed by atoms with E-state index >= 15 is 0 Å². The maximum absolute atomic E-state index is 13.9. The topological polar surface area (TPSA) is 194 Å². The summed E-state index contributed by atoms with van der Waals surface area (Å²) in [5.41, 5.74) is -4.07. The third-order valence-electron chi connectivity index (χ3n) is 4.53. The van der Waals surface area contributed by atoms with Crippen molar-refractivity contribution in [1.29, 1.82) is 0 Å². The lowest BCUT2D eigenvalue weighted by Crippen LogP contribution is -2.79. The van der Waals surface area contributed by atoms with Gasteiger partial charge in [-0.2, -0.15) is 4.39 Å². The molecule has 1 fully saturated rings. The van der Waals surface area contributed by atoms with Crippen molar-refractivity contribution in [2.75, 3.05) is 5.73 Å². The number of piperidine rings is 1. The second kappa shape index (κ2) is 5.12. The van der Waals surface area contributed by atoms with Crippen LogP contribution in [0.15, 0.2) is 0 Å². The Hall–Kier alpha value is -2.83. The number of hydrogen-bond donors (Lipinski definition) is 7. The highest BCUT2D eigenvalue weighted by Gasteiger charge is 2.66. The van der Waals surface area contributed by atoms with Crippen molar-refractivity contribution < 1.29 is 44.3 Å². The highest BCUT2D eigenvalue weighted by atomic mass is 19.1. The van der Waals surface area contributed by atoms with E-state index in [0.29, 0.717) is 0 Å². The predicted molar refractivity (Wildman–Crippen MR) is 83.4 cm³/mol. The van der Waals surface area contributed by atoms with Crippen LogP contribution in [0.5, 0.6) is 11.5 Å². The van der Waals surface area contributed by atoms with Crippen LogP contribution in [0.4, 0.5) is 10.1 Å². The van der Waals surface area contributed by atoms with Gasteiger partial charge in [-0.3, -0.25) is 24.6 Å². The van der Waals surface area contributed by atoms with Gasteiger partial charge in [0.1, 0.15) is 21.1 Å². The molecular weight excluding hydrogens is 367 g/mol. The number of halogens is 1. The molecule has 0 saturated carbocycles. The van der Waals surface area contributed by atoms with Gasteiger partial charge in [0.05, 0.1) is 22.3 Å². The molecule has 1 aromatic rings. The summed E-state index contributed by atoms with van der Waals surface area (Å²) in [6.07, 6.45) is -1.04. The van der Waals surface area contributed by atoms with E-state index < -0.39 is 75.1 Å². The number of carbonyl (C=O) groups excluding carboxylic acids is 3. The molecule has 1 unspecified atom stereocenters. The van der Waals surface area contributed by atoms with Crippen LogP contribution in [0.25, 0.3) is 0 Å². The first-order chi connectivity index (χ1) is 12.2. The van der Waals surface area contributed by atoms with Crippen LogP contribution in [0.2, 0.25) is 0 Å². The molecule has 27 heavy (non-hydrogen) atoms. The van der Waals surface area contributed by atoms with Gasteiger partial charge in [-0.05, 0) is 0 Å². The van der Waals surface area contributed by atoms with Crippen molar-refractivity contribution in [1.82, 2.24) is 10.2 Å². The number of aromatic hydroxyl groups is 2. The van der Waals surface area contributed by atoms with Crippen molar-refractivity contribution in [2.24, 2.45) is 0 Å². The Labute approximate surface area is 152 Å². The summed E-state index contributed by atoms with van der Waals surface area (Å²) in [6.45, 7) is 0. The average Bonchev–Trinajstić information content (AvgIpc) is 2.74. The van der Waals surface area contributed by atoms with E-state index in [-0.39, 0.29) is 4.90 Å². The Morgan fingerprint density at radius 3 is 2.19 bits per heavy atom. The number of imide groups is 1. The first kappa shape index (κ1) is 18.9. The van der Waals surface area contributed by atoms with Gasteiger partial charge in [0.2, 0.25) is 17.6 Å². The van der Waals surface area contributed by atoms with Crippen molar-refractivity contribution in [2.45, 2.75) is 23.3 Å². The summed E-state index contributed by atoms with van der Waals surface area (Å²) >= 11 is 0. The number of carbonyl (C=O) groups is 3. The molecule has 138 valence electrons. The third kappa shape index (κ3) is 2.05. The van der Waals surface area contributed by atoms with E-state index in [1.165, 1.54) is 0 Å². The summed E-state index contributed by atoms with van der Waals surface area (Å²) in [5, 5.41) is 52.3. The van der Waals surface area contributed by atoms with E-state index in [4.69, 9.17) is 21.4 Å². The van der Waals surface area contributed by atoms with E-state index in [9.17, 15) is 44.3 Å². The van der Waals surface area contributed by atoms with Gasteiger partial charge < -0.3 is 31.3 Å². The van der Waals surface area contributed by atoms with Crippen molar-refractivity contribution in [3.05, 3.63) is 16.9 Å². The zero-order valence-corrected chi connectivity index (χ0v) is 13.2. The monoisotopic (exact) mass is 377 g/mol. The molecule has 8 N–H and O–H groups in total. The van der Waals surface area contributed by atoms with Gasteiger partial charge in [-0.15, -0.1) is 0 Å². The molecule has 0 aromatic heterocycles. The minimum absolute atomic E-state index is 0.276. The fraction of sp³-hybridized carbons (Fsp3) is 0.308. The second-order valence-electron chi connectivity index (χ2n) is 6.20. The fourth-order valence-electron chi connectivity index (χ4n) is 3.18. The molecule has 2 heterocycles. The highest BCUT2D eigenvalue weighted by molar-refractivity contribution is 6.40. The number of fused-ring (bicyclic) bond motifs is 1. The number of benzene rings is 1. The lowest BCUT2D eigenvalue weighted by Gasteiger charge is -2.52. The standard InChI is InChI=1S/C13H10B2FN3O8/c14-11(25)1-2(20)18-10(24)12(11,15)19-9(23)3-4(13(19,26)27)6(17)8(22)5(16)7(3)21/h21-22,25-27H,1,17H2,(H,18,20,24)/t11?,12-/m1/s1. The molecule has 0 bridgehead atoms. The molecule has 14 heteroatoms. The number of phenolic OH excluding ortho intramolecular Hbond substituents is 2. The molecule has 11 nitrogen and oxygen atoms in total. The molecule has 3 rings (SSSR count). The van der Waals surface area contributed by atoms with Crippen molar-refractivity contribution in [3.63, 3.8) is 0 Å². The number of nitrogens with two attached hydrogens (primary N) is 1. The van der Waals surface area contributed by atoms with E-state index in [2.05, 4.69) is 0 Å². The third-order valence-corrected chi connectivity index (χ3v) is 4.53. The van der Waals surface area contributed by atoms with Crippen LogP contribution < -0.4 is 11.1 Å². The Morgan fingerprint density at radius 1 is 1.11 bits per heavy atom. The zero-order valence-electron chi connectivity index (χ0n) is 13.2. The molecule has 2 aliphatic heterocycles. The summed E-state index contributed by atoms with van der Waals surface area (Å²) < 4.78 is 13.9. The highest BCUT2D eigenvalue weighted by Crippen LogP contribution is 2.51. The Morgan fingerprint density at radius 2 is 1.67 bits per heavy atom. The minimum Gasteiger partial charge on any atom is -0.504 e. The number of phenols is 2. The maximum Gasteiger partial charge on any atom is 0.281 e. The Balaban J connectivity index is 2.32. The first-order valence-corrected chi connectivity index (χ1v) is 7.16. The van der Waals surface area contributed by atoms with Crippen LogP contribution in [0, 0.1) is 5.82 Å². The predicted octanol–water partition coefficient (Wildman–Crippen LogP) is -3.86. The molecule has 4 radical (unpaired) electrons. The number of nitrogens with zero attached hydrogens (tertiary/aromatic N) is 1. The van der Waals surface area contributed by atoms with Crippen molar-refractivity contribution in [3.8, 4) is 11.5 Å². The number of anilines is 1. The summed E-state index contributed by atoms with van der Waals surface area (Å²) in [7, 11) is 11.2. The quantitative estimate of drug-likeness (QED) is 0.0640. The number of nitrogens with one attached hydrogen (secondary N) is 1. The van der Waals surface area contributed by atoms with Crippen LogP contribution in [-0.2, 0) is 15.5 Å². The zero-order chi connectivity index (χ0) is 20.7. The van der Waals surface area contributed by atoms with Crippen LogP contribution >= 0.6 is 0 Å². The van der Waals surface area contributed by atoms with Gasteiger partial charge in [0, 0.05) is 6.42 Å². The second-order valence-corrected chi connectivity index (χ2v) is 6.20. The largest absolute Gasteiger partial charge is 0.504 e. The van der Waals surface area contributed by atoms with Crippen LogP contribution in [0.3, 0.4) is 0 Å². The molecule has 1 saturated heterocycles. The van der Waals surface area contributed by atoms with E-state index in [0.717, 1.165) is 0 Å². The van der Waals surface area contributed by atoms with E-state index in [1.807, 2.05) is 0 Å². The normalized spacial score (nSPS) is 29.6. The fourth-order valence-corrected chi connectivity index (χ4v) is 3.18. The molecule has 1 aromatic carbocycles. The SMILES string of the molecule is [B]C1(O)CC(=O)NC(=O)[C@@]1([B])N1C(=O)c2c(O)c(F)c(O)c(N)c2C1(O)O. The van der Waals surface area contributed by atoms with Crippen LogP contribution in [-0.4, -0.2) is 74.8 Å². The number of nitrogen functional groups attached to an aromatic ring is 1. The number of rotatable bonds is 1. The van der Waals surface area contributed by atoms with Gasteiger partial charge in [-0.1, -0.05) is 0 Å². The molecule has 2 aliphatic rings. The molecule has 0 spiro atoms. The van der Waals surface area contributed by atoms with Gasteiger partial charge in [0.25, 0.3) is 11.8 Å². The van der Waals surface area contributed by atoms with Gasteiger partial charge >= 0.3 is 0 Å². The maximum atomic E-state index is 13.9.